The van der Waals surface area contributed by atoms with Crippen LogP contribution in [0, 0.1) is 13.8 Å². The van der Waals surface area contributed by atoms with Gasteiger partial charge in [0.05, 0.1) is 13.2 Å². The molecule has 0 saturated carbocycles. The van der Waals surface area contributed by atoms with Gasteiger partial charge in [-0.15, -0.1) is 0 Å². The van der Waals surface area contributed by atoms with Crippen LogP contribution < -0.4 is 5.32 Å². The second-order valence-corrected chi connectivity index (χ2v) is 4.65. The molecule has 1 atom stereocenters. The summed E-state index contributed by atoms with van der Waals surface area (Å²) in [4.78, 5) is 12.1. The molecule has 1 aromatic carbocycles. The van der Waals surface area contributed by atoms with Gasteiger partial charge in [-0.3, -0.25) is 4.79 Å². The summed E-state index contributed by atoms with van der Waals surface area (Å²) < 4.78 is 5.35. The van der Waals surface area contributed by atoms with Gasteiger partial charge < -0.3 is 10.1 Å². The lowest BCUT2D eigenvalue weighted by molar-refractivity contribution is 0.0676. The van der Waals surface area contributed by atoms with E-state index in [2.05, 4.69) is 12.2 Å². The lowest BCUT2D eigenvalue weighted by atomic mass is 9.99. The Morgan fingerprint density at radius 1 is 1.41 bits per heavy atom. The summed E-state index contributed by atoms with van der Waals surface area (Å²) in [6, 6.07) is 6.06. The van der Waals surface area contributed by atoms with Crippen molar-refractivity contribution in [1.29, 1.82) is 0 Å². The van der Waals surface area contributed by atoms with Gasteiger partial charge in [0.1, 0.15) is 0 Å². The van der Waals surface area contributed by atoms with Crippen LogP contribution in [0.5, 0.6) is 0 Å². The first-order valence-electron chi connectivity index (χ1n) is 6.08. The fourth-order valence-corrected chi connectivity index (χ4v) is 2.01. The number of aryl methyl sites for hydroxylation is 2. The van der Waals surface area contributed by atoms with Crippen LogP contribution in [0.1, 0.15) is 27.9 Å². The van der Waals surface area contributed by atoms with Crippen molar-refractivity contribution in [2.24, 2.45) is 0 Å². The van der Waals surface area contributed by atoms with Gasteiger partial charge in [0, 0.05) is 24.6 Å². The van der Waals surface area contributed by atoms with Gasteiger partial charge in [-0.05, 0) is 31.0 Å². The molecule has 2 rings (SSSR count). The van der Waals surface area contributed by atoms with Crippen LogP contribution in [-0.4, -0.2) is 31.6 Å². The standard InChI is InChI=1S/C14H19NO2/c1-10-3-4-12(7-11(10)2)14(16)8-13-9-17-6-5-15-13/h3-4,7,13,15H,5-6,8-9H2,1-2H3. The van der Waals surface area contributed by atoms with E-state index in [1.165, 1.54) is 11.1 Å². The number of benzene rings is 1. The Bertz CT molecular complexity index is 409. The Morgan fingerprint density at radius 3 is 2.88 bits per heavy atom. The van der Waals surface area contributed by atoms with Crippen molar-refractivity contribution in [3.05, 3.63) is 34.9 Å². The largest absolute Gasteiger partial charge is 0.378 e. The summed E-state index contributed by atoms with van der Waals surface area (Å²) in [5.74, 6) is 0.191. The first-order chi connectivity index (χ1) is 8.16. The summed E-state index contributed by atoms with van der Waals surface area (Å²) >= 11 is 0. The maximum Gasteiger partial charge on any atom is 0.164 e. The number of hydrogen-bond donors (Lipinski definition) is 1. The normalized spacial score (nSPS) is 20.2. The van der Waals surface area contributed by atoms with Gasteiger partial charge in [-0.2, -0.15) is 0 Å². The van der Waals surface area contributed by atoms with Crippen molar-refractivity contribution in [2.45, 2.75) is 26.3 Å². The van der Waals surface area contributed by atoms with E-state index in [0.29, 0.717) is 13.0 Å². The number of carbonyl (C=O) groups excluding carboxylic acids is 1. The third kappa shape index (κ3) is 3.14. The van der Waals surface area contributed by atoms with Crippen LogP contribution in [0.3, 0.4) is 0 Å². The van der Waals surface area contributed by atoms with Gasteiger partial charge in [-0.25, -0.2) is 0 Å². The molecule has 0 aromatic heterocycles. The second kappa shape index (κ2) is 5.43. The first-order valence-corrected chi connectivity index (χ1v) is 6.08. The number of nitrogens with one attached hydrogen (secondary N) is 1. The Morgan fingerprint density at radius 2 is 2.24 bits per heavy atom. The summed E-state index contributed by atoms with van der Waals surface area (Å²) in [5.41, 5.74) is 3.20. The molecule has 1 aliphatic heterocycles. The lowest BCUT2D eigenvalue weighted by Crippen LogP contribution is -2.42. The highest BCUT2D eigenvalue weighted by Crippen LogP contribution is 2.13. The molecule has 0 amide bonds. The van der Waals surface area contributed by atoms with Crippen LogP contribution >= 0.6 is 0 Å². The van der Waals surface area contributed by atoms with E-state index in [4.69, 9.17) is 4.74 Å². The minimum Gasteiger partial charge on any atom is -0.378 e. The second-order valence-electron chi connectivity index (χ2n) is 4.65. The first kappa shape index (κ1) is 12.3. The number of hydrogen-bond acceptors (Lipinski definition) is 3. The predicted octanol–water partition coefficient (Wildman–Crippen LogP) is 1.86. The number of Topliss-reactive ketones (excluding diaryl/α,β-unsaturated/α-hetero) is 1. The molecular weight excluding hydrogens is 214 g/mol. The maximum absolute atomic E-state index is 12.1. The molecule has 1 N–H and O–H groups in total. The molecule has 17 heavy (non-hydrogen) atoms. The van der Waals surface area contributed by atoms with Crippen LogP contribution in [0.15, 0.2) is 18.2 Å². The molecule has 0 bridgehead atoms. The van der Waals surface area contributed by atoms with Crippen LogP contribution in [0.4, 0.5) is 0 Å². The molecule has 1 fully saturated rings. The van der Waals surface area contributed by atoms with Crippen LogP contribution in [-0.2, 0) is 4.74 Å². The summed E-state index contributed by atoms with van der Waals surface area (Å²) in [6.07, 6.45) is 0.516. The van der Waals surface area contributed by atoms with E-state index in [-0.39, 0.29) is 11.8 Å². The van der Waals surface area contributed by atoms with Crippen LogP contribution in [0.2, 0.25) is 0 Å². The average Bonchev–Trinajstić information content (AvgIpc) is 2.34. The third-order valence-corrected chi connectivity index (χ3v) is 3.26. The van der Waals surface area contributed by atoms with E-state index in [1.807, 2.05) is 25.1 Å². The number of ether oxygens (including phenoxy) is 1. The molecule has 3 nitrogen and oxygen atoms in total. The van der Waals surface area contributed by atoms with E-state index in [9.17, 15) is 4.79 Å². The van der Waals surface area contributed by atoms with Gasteiger partial charge in [0.15, 0.2) is 5.78 Å². The van der Waals surface area contributed by atoms with Gasteiger partial charge in [-0.1, -0.05) is 12.1 Å². The molecule has 1 unspecified atom stereocenters. The van der Waals surface area contributed by atoms with Crippen molar-refractivity contribution in [2.75, 3.05) is 19.8 Å². The Labute approximate surface area is 102 Å². The summed E-state index contributed by atoms with van der Waals surface area (Å²) in [7, 11) is 0. The monoisotopic (exact) mass is 233 g/mol. The Hall–Kier alpha value is -1.19. The molecule has 0 aliphatic carbocycles. The fourth-order valence-electron chi connectivity index (χ4n) is 2.01. The molecular formula is C14H19NO2. The van der Waals surface area contributed by atoms with Crippen LogP contribution in [0.25, 0.3) is 0 Å². The van der Waals surface area contributed by atoms with Gasteiger partial charge in [0.25, 0.3) is 0 Å². The van der Waals surface area contributed by atoms with Crippen molar-refractivity contribution in [3.8, 4) is 0 Å². The molecule has 1 saturated heterocycles. The quantitative estimate of drug-likeness (QED) is 0.810. The summed E-state index contributed by atoms with van der Waals surface area (Å²) in [6.45, 7) is 6.31. The highest BCUT2D eigenvalue weighted by atomic mass is 16.5. The zero-order valence-electron chi connectivity index (χ0n) is 10.5. The number of carbonyl (C=O) groups is 1. The average molecular weight is 233 g/mol. The zero-order valence-corrected chi connectivity index (χ0v) is 10.5. The Balaban J connectivity index is 2.01. The third-order valence-electron chi connectivity index (χ3n) is 3.26. The van der Waals surface area contributed by atoms with Crippen molar-refractivity contribution < 1.29 is 9.53 Å². The SMILES string of the molecule is Cc1ccc(C(=O)CC2COCCN2)cc1C. The van der Waals surface area contributed by atoms with Gasteiger partial charge in [0.2, 0.25) is 0 Å². The maximum atomic E-state index is 12.1. The molecule has 0 spiro atoms. The topological polar surface area (TPSA) is 38.3 Å². The van der Waals surface area contributed by atoms with E-state index in [0.717, 1.165) is 18.7 Å². The van der Waals surface area contributed by atoms with Gasteiger partial charge >= 0.3 is 0 Å². The minimum absolute atomic E-state index is 0.165. The van der Waals surface area contributed by atoms with E-state index >= 15 is 0 Å². The molecule has 1 aliphatic rings. The highest BCUT2D eigenvalue weighted by Gasteiger charge is 2.17. The van der Waals surface area contributed by atoms with Crippen molar-refractivity contribution in [3.63, 3.8) is 0 Å². The molecule has 3 heteroatoms. The highest BCUT2D eigenvalue weighted by molar-refractivity contribution is 5.96. The lowest BCUT2D eigenvalue weighted by Gasteiger charge is -2.23. The smallest absolute Gasteiger partial charge is 0.164 e. The Kier molecular flexibility index (Phi) is 3.92. The number of ketones is 1. The van der Waals surface area contributed by atoms with E-state index < -0.39 is 0 Å². The molecule has 92 valence electrons. The predicted molar refractivity (Wildman–Crippen MR) is 67.5 cm³/mol. The van der Waals surface area contributed by atoms with Crippen molar-refractivity contribution >= 4 is 5.78 Å². The summed E-state index contributed by atoms with van der Waals surface area (Å²) in [5, 5.41) is 3.30. The molecule has 0 radical (unpaired) electrons. The molecule has 1 aromatic rings. The van der Waals surface area contributed by atoms with Crippen molar-refractivity contribution in [1.82, 2.24) is 5.32 Å². The number of rotatable bonds is 3. The zero-order chi connectivity index (χ0) is 12.3. The minimum atomic E-state index is 0.165. The fraction of sp³-hybridized carbons (Fsp3) is 0.500. The van der Waals surface area contributed by atoms with E-state index in [1.54, 1.807) is 0 Å². The molecule has 1 heterocycles. The number of morpholine rings is 1.